The third-order valence-electron chi connectivity index (χ3n) is 3.08. The lowest BCUT2D eigenvalue weighted by Crippen LogP contribution is -2.24. The van der Waals surface area contributed by atoms with Crippen molar-refractivity contribution in [2.45, 2.75) is 13.0 Å². The van der Waals surface area contributed by atoms with Crippen molar-refractivity contribution in [2.24, 2.45) is 5.73 Å². The minimum absolute atomic E-state index is 0.104. The predicted molar refractivity (Wildman–Crippen MR) is 84.1 cm³/mol. The van der Waals surface area contributed by atoms with E-state index in [0.717, 1.165) is 11.3 Å². The molecule has 1 aromatic heterocycles. The lowest BCUT2D eigenvalue weighted by Gasteiger charge is -2.14. The summed E-state index contributed by atoms with van der Waals surface area (Å²) in [4.78, 5) is 15.8. The molecule has 0 spiro atoms. The number of amides is 1. The quantitative estimate of drug-likeness (QED) is 0.757. The number of rotatable bonds is 6. The average molecular weight is 284 g/mol. The highest BCUT2D eigenvalue weighted by Gasteiger charge is 2.08. The Balaban J connectivity index is 1.97. The zero-order valence-electron chi connectivity index (χ0n) is 12.0. The Morgan fingerprint density at radius 1 is 1.29 bits per heavy atom. The summed E-state index contributed by atoms with van der Waals surface area (Å²) in [5.74, 6) is -0.173. The summed E-state index contributed by atoms with van der Waals surface area (Å²) in [6.45, 7) is 3.04. The molecule has 1 aromatic carbocycles. The molecule has 0 saturated heterocycles. The van der Waals surface area contributed by atoms with E-state index in [1.165, 1.54) is 0 Å². The van der Waals surface area contributed by atoms with Gasteiger partial charge in [-0.1, -0.05) is 30.3 Å². The van der Waals surface area contributed by atoms with Gasteiger partial charge in [-0.2, -0.15) is 0 Å². The Morgan fingerprint density at radius 3 is 2.76 bits per heavy atom. The second kappa shape index (κ2) is 7.40. The third-order valence-corrected chi connectivity index (χ3v) is 3.08. The first-order valence-corrected chi connectivity index (χ1v) is 6.99. The summed E-state index contributed by atoms with van der Waals surface area (Å²) in [6, 6.07) is 13.3. The van der Waals surface area contributed by atoms with Crippen molar-refractivity contribution in [3.63, 3.8) is 0 Å². The van der Waals surface area contributed by atoms with E-state index >= 15 is 0 Å². The van der Waals surface area contributed by atoms with Gasteiger partial charge in [0.15, 0.2) is 0 Å². The van der Waals surface area contributed by atoms with Gasteiger partial charge in [-0.3, -0.25) is 9.78 Å². The van der Waals surface area contributed by atoms with Gasteiger partial charge in [0.05, 0.1) is 0 Å². The zero-order chi connectivity index (χ0) is 15.1. The number of anilines is 1. The maximum absolute atomic E-state index is 11.7. The smallest absolute Gasteiger partial charge is 0.269 e. The van der Waals surface area contributed by atoms with Gasteiger partial charge in [-0.25, -0.2) is 0 Å². The summed E-state index contributed by atoms with van der Waals surface area (Å²) in [7, 11) is 0. The average Bonchev–Trinajstić information content (AvgIpc) is 2.54. The van der Waals surface area contributed by atoms with Crippen LogP contribution in [0.15, 0.2) is 48.7 Å². The van der Waals surface area contributed by atoms with Crippen molar-refractivity contribution in [3.8, 4) is 0 Å². The first-order valence-electron chi connectivity index (χ1n) is 6.99. The summed E-state index contributed by atoms with van der Waals surface area (Å²) >= 11 is 0. The Hall–Kier alpha value is -2.40. The van der Waals surface area contributed by atoms with Crippen molar-refractivity contribution in [3.05, 3.63) is 59.9 Å². The van der Waals surface area contributed by atoms with E-state index in [1.54, 1.807) is 12.3 Å². The van der Waals surface area contributed by atoms with Gasteiger partial charge < -0.3 is 16.4 Å². The molecule has 0 saturated carbocycles. The minimum atomic E-state index is -0.173. The first kappa shape index (κ1) is 15.0. The highest BCUT2D eigenvalue weighted by Crippen LogP contribution is 2.13. The molecule has 1 unspecified atom stereocenters. The highest BCUT2D eigenvalue weighted by atomic mass is 16.1. The SMILES string of the molecule is CCNC(=O)c1cc(NCC(N)c2ccccc2)ccn1. The molecule has 5 nitrogen and oxygen atoms in total. The normalized spacial score (nSPS) is 11.7. The minimum Gasteiger partial charge on any atom is -0.383 e. The molecule has 0 fully saturated rings. The Bertz CT molecular complexity index is 586. The van der Waals surface area contributed by atoms with E-state index in [1.807, 2.05) is 43.3 Å². The number of carbonyl (C=O) groups is 1. The molecule has 0 aliphatic rings. The topological polar surface area (TPSA) is 80.0 Å². The van der Waals surface area contributed by atoms with Crippen LogP contribution < -0.4 is 16.4 Å². The molecule has 1 heterocycles. The Kier molecular flexibility index (Phi) is 5.29. The molecule has 4 N–H and O–H groups in total. The fourth-order valence-electron chi connectivity index (χ4n) is 1.96. The summed E-state index contributed by atoms with van der Waals surface area (Å²) < 4.78 is 0. The fourth-order valence-corrected chi connectivity index (χ4v) is 1.96. The van der Waals surface area contributed by atoms with Crippen LogP contribution in [0.4, 0.5) is 5.69 Å². The molecule has 110 valence electrons. The van der Waals surface area contributed by atoms with E-state index < -0.39 is 0 Å². The van der Waals surface area contributed by atoms with Gasteiger partial charge in [-0.15, -0.1) is 0 Å². The van der Waals surface area contributed by atoms with Gasteiger partial charge in [0.1, 0.15) is 5.69 Å². The molecular weight excluding hydrogens is 264 g/mol. The molecule has 0 aliphatic heterocycles. The van der Waals surface area contributed by atoms with E-state index in [4.69, 9.17) is 5.73 Å². The standard InChI is InChI=1S/C16H20N4O/c1-2-18-16(21)15-10-13(8-9-19-15)20-11-14(17)12-6-4-3-5-7-12/h3-10,14H,2,11,17H2,1H3,(H,18,21)(H,19,20). The van der Waals surface area contributed by atoms with Crippen molar-refractivity contribution in [1.29, 1.82) is 0 Å². The number of carbonyl (C=O) groups excluding carboxylic acids is 1. The van der Waals surface area contributed by atoms with E-state index in [2.05, 4.69) is 15.6 Å². The van der Waals surface area contributed by atoms with Crippen LogP contribution >= 0.6 is 0 Å². The van der Waals surface area contributed by atoms with Gasteiger partial charge in [0.25, 0.3) is 5.91 Å². The number of hydrogen-bond acceptors (Lipinski definition) is 4. The van der Waals surface area contributed by atoms with Crippen molar-refractivity contribution >= 4 is 11.6 Å². The van der Waals surface area contributed by atoms with Gasteiger partial charge in [0.2, 0.25) is 0 Å². The third kappa shape index (κ3) is 4.29. The Morgan fingerprint density at radius 2 is 2.05 bits per heavy atom. The van der Waals surface area contributed by atoms with Crippen LogP contribution in [0.5, 0.6) is 0 Å². The predicted octanol–water partition coefficient (Wildman–Crippen LogP) is 1.94. The molecule has 2 aromatic rings. The molecule has 1 atom stereocenters. The molecule has 0 radical (unpaired) electrons. The molecule has 0 aliphatic carbocycles. The number of pyridine rings is 1. The van der Waals surface area contributed by atoms with Crippen LogP contribution in [0.1, 0.15) is 29.0 Å². The molecule has 5 heteroatoms. The molecular formula is C16H20N4O. The number of hydrogen-bond donors (Lipinski definition) is 3. The fraction of sp³-hybridized carbons (Fsp3) is 0.250. The Labute approximate surface area is 124 Å². The van der Waals surface area contributed by atoms with Gasteiger partial charge >= 0.3 is 0 Å². The zero-order valence-corrected chi connectivity index (χ0v) is 12.0. The van der Waals surface area contributed by atoms with Crippen LogP contribution in [0.3, 0.4) is 0 Å². The van der Waals surface area contributed by atoms with Crippen molar-refractivity contribution in [2.75, 3.05) is 18.4 Å². The van der Waals surface area contributed by atoms with Crippen molar-refractivity contribution in [1.82, 2.24) is 10.3 Å². The summed E-state index contributed by atoms with van der Waals surface area (Å²) in [6.07, 6.45) is 1.61. The monoisotopic (exact) mass is 284 g/mol. The van der Waals surface area contributed by atoms with E-state index in [0.29, 0.717) is 18.8 Å². The number of nitrogens with zero attached hydrogens (tertiary/aromatic N) is 1. The van der Waals surface area contributed by atoms with Crippen molar-refractivity contribution < 1.29 is 4.79 Å². The second-order valence-corrected chi connectivity index (χ2v) is 4.69. The lowest BCUT2D eigenvalue weighted by molar-refractivity contribution is 0.0951. The maximum atomic E-state index is 11.7. The van der Waals surface area contributed by atoms with Crippen LogP contribution in [0, 0.1) is 0 Å². The van der Waals surface area contributed by atoms with Crippen LogP contribution in [-0.4, -0.2) is 24.0 Å². The van der Waals surface area contributed by atoms with Gasteiger partial charge in [0, 0.05) is 31.0 Å². The second-order valence-electron chi connectivity index (χ2n) is 4.69. The van der Waals surface area contributed by atoms with Crippen LogP contribution in [-0.2, 0) is 0 Å². The lowest BCUT2D eigenvalue weighted by atomic mass is 10.1. The molecule has 0 bridgehead atoms. The number of nitrogens with two attached hydrogens (primary N) is 1. The van der Waals surface area contributed by atoms with Crippen LogP contribution in [0.25, 0.3) is 0 Å². The first-order chi connectivity index (χ1) is 10.2. The summed E-state index contributed by atoms with van der Waals surface area (Å²) in [5.41, 5.74) is 8.43. The number of benzene rings is 1. The van der Waals surface area contributed by atoms with Gasteiger partial charge in [-0.05, 0) is 24.6 Å². The molecule has 21 heavy (non-hydrogen) atoms. The largest absolute Gasteiger partial charge is 0.383 e. The summed E-state index contributed by atoms with van der Waals surface area (Å²) in [5, 5.41) is 5.96. The van der Waals surface area contributed by atoms with E-state index in [9.17, 15) is 4.79 Å². The number of nitrogens with one attached hydrogen (secondary N) is 2. The van der Waals surface area contributed by atoms with Crippen LogP contribution in [0.2, 0.25) is 0 Å². The van der Waals surface area contributed by atoms with E-state index in [-0.39, 0.29) is 11.9 Å². The highest BCUT2D eigenvalue weighted by molar-refractivity contribution is 5.93. The molecule has 1 amide bonds. The number of aromatic nitrogens is 1. The molecule has 2 rings (SSSR count). The maximum Gasteiger partial charge on any atom is 0.269 e.